The molecule has 0 unspecified atom stereocenters. The molecule has 3 N–H and O–H groups in total. The maximum Gasteiger partial charge on any atom is 0.348 e. The molecule has 0 saturated heterocycles. The summed E-state index contributed by atoms with van der Waals surface area (Å²) in [6, 6.07) is 17.1. The summed E-state index contributed by atoms with van der Waals surface area (Å²) < 4.78 is 21.4. The Morgan fingerprint density at radius 3 is 2.32 bits per heavy atom. The predicted molar refractivity (Wildman–Crippen MR) is 172 cm³/mol. The van der Waals surface area contributed by atoms with Gasteiger partial charge in [0.05, 0.1) is 44.9 Å². The molecule has 0 radical (unpaired) electrons. The van der Waals surface area contributed by atoms with Crippen molar-refractivity contribution in [3.05, 3.63) is 75.5 Å². The molecule has 0 fully saturated rings. The maximum atomic E-state index is 13.8. The summed E-state index contributed by atoms with van der Waals surface area (Å²) in [5.74, 6) is -0.839. The van der Waals surface area contributed by atoms with Gasteiger partial charge >= 0.3 is 11.9 Å². The molecule has 10 nitrogen and oxygen atoms in total. The van der Waals surface area contributed by atoms with Crippen LogP contribution in [-0.4, -0.2) is 50.8 Å². The van der Waals surface area contributed by atoms with Crippen molar-refractivity contribution >= 4 is 61.4 Å². The fraction of sp³-hybridized carbons (Fsp3) is 0.188. The quantitative estimate of drug-likeness (QED) is 0.168. The normalized spacial score (nSPS) is 10.8. The zero-order valence-electron chi connectivity index (χ0n) is 24.6. The number of hydrogen-bond donors (Lipinski definition) is 2. The molecule has 0 spiro atoms. The van der Waals surface area contributed by atoms with Crippen molar-refractivity contribution in [2.75, 3.05) is 39.0 Å². The lowest BCUT2D eigenvalue weighted by Crippen LogP contribution is -2.14. The molecule has 0 saturated carbocycles. The molecular weight excluding hydrogens is 603 g/mol. The van der Waals surface area contributed by atoms with Crippen LogP contribution in [0, 0.1) is 6.92 Å². The number of esters is 2. The van der Waals surface area contributed by atoms with Crippen LogP contribution in [0.1, 0.15) is 42.2 Å². The first-order valence-electron chi connectivity index (χ1n) is 13.4. The SMILES string of the molecule is CCOC(=O)c1sc(NC(=O)c2sc3nc(-c4ccccc4)cc(-c4cccc(OC)c4OC)c3c2N)c(C(=O)OC)c1C. The van der Waals surface area contributed by atoms with Crippen LogP contribution in [0.15, 0.2) is 54.6 Å². The van der Waals surface area contributed by atoms with Gasteiger partial charge in [0.25, 0.3) is 5.91 Å². The number of nitrogen functional groups attached to an aromatic ring is 1. The first kappa shape index (κ1) is 30.5. The van der Waals surface area contributed by atoms with Gasteiger partial charge < -0.3 is 30.0 Å². The van der Waals surface area contributed by atoms with E-state index < -0.39 is 17.8 Å². The van der Waals surface area contributed by atoms with Crippen molar-refractivity contribution in [1.82, 2.24) is 4.98 Å². The first-order chi connectivity index (χ1) is 21.2. The first-order valence-corrected chi connectivity index (χ1v) is 15.1. The minimum Gasteiger partial charge on any atom is -0.493 e. The smallest absolute Gasteiger partial charge is 0.348 e. The number of fused-ring (bicyclic) bond motifs is 1. The topological polar surface area (TPSA) is 139 Å². The summed E-state index contributed by atoms with van der Waals surface area (Å²) in [7, 11) is 4.34. The molecule has 3 aromatic heterocycles. The minimum atomic E-state index is -0.699. The van der Waals surface area contributed by atoms with E-state index in [0.29, 0.717) is 44.1 Å². The summed E-state index contributed by atoms with van der Waals surface area (Å²) in [6.45, 7) is 3.44. The van der Waals surface area contributed by atoms with Crippen molar-refractivity contribution in [3.63, 3.8) is 0 Å². The van der Waals surface area contributed by atoms with Crippen molar-refractivity contribution < 1.29 is 33.3 Å². The average Bonchev–Trinajstić information content (AvgIpc) is 3.56. The van der Waals surface area contributed by atoms with E-state index in [4.69, 9.17) is 29.7 Å². The molecule has 0 atom stereocenters. The van der Waals surface area contributed by atoms with Crippen LogP contribution >= 0.6 is 22.7 Å². The van der Waals surface area contributed by atoms with E-state index in [1.807, 2.05) is 48.5 Å². The second kappa shape index (κ2) is 12.7. The summed E-state index contributed by atoms with van der Waals surface area (Å²) >= 11 is 2.05. The standard InChI is InChI=1S/C32H29N3O7S2/c1-6-42-32(38)26-16(2)22(31(37)41-5)29(43-26)35-28(36)27-24(33)23-19(18-13-10-14-21(39-3)25(18)40-4)15-20(34-30(23)44-27)17-11-8-7-9-12-17/h7-15H,6,33H2,1-5H3,(H,35,36). The van der Waals surface area contributed by atoms with Crippen molar-refractivity contribution in [2.45, 2.75) is 13.8 Å². The van der Waals surface area contributed by atoms with E-state index in [2.05, 4.69) is 5.32 Å². The Balaban J connectivity index is 1.68. The Bertz CT molecular complexity index is 1900. The summed E-state index contributed by atoms with van der Waals surface area (Å²) in [5.41, 5.74) is 10.3. The third-order valence-corrected chi connectivity index (χ3v) is 9.18. The van der Waals surface area contributed by atoms with Gasteiger partial charge in [-0.25, -0.2) is 14.6 Å². The fourth-order valence-electron chi connectivity index (χ4n) is 4.86. The van der Waals surface area contributed by atoms with Gasteiger partial charge in [0.15, 0.2) is 11.5 Å². The highest BCUT2D eigenvalue weighted by molar-refractivity contribution is 7.22. The molecule has 5 rings (SSSR count). The van der Waals surface area contributed by atoms with E-state index in [0.717, 1.165) is 28.2 Å². The van der Waals surface area contributed by atoms with Gasteiger partial charge in [-0.2, -0.15) is 0 Å². The van der Waals surface area contributed by atoms with E-state index in [1.165, 1.54) is 7.11 Å². The maximum absolute atomic E-state index is 13.8. The van der Waals surface area contributed by atoms with Gasteiger partial charge in [0, 0.05) is 22.1 Å². The Morgan fingerprint density at radius 2 is 1.66 bits per heavy atom. The van der Waals surface area contributed by atoms with Crippen molar-refractivity contribution in [1.29, 1.82) is 0 Å². The van der Waals surface area contributed by atoms with Crippen LogP contribution < -0.4 is 20.5 Å². The average molecular weight is 632 g/mol. The number of nitrogens with zero attached hydrogens (tertiary/aromatic N) is 1. The number of benzene rings is 2. The number of para-hydroxylation sites is 1. The fourth-order valence-corrected chi connectivity index (χ4v) is 6.96. The van der Waals surface area contributed by atoms with Gasteiger partial charge in [-0.15, -0.1) is 22.7 Å². The third-order valence-electron chi connectivity index (χ3n) is 6.89. The van der Waals surface area contributed by atoms with E-state index in [1.54, 1.807) is 34.1 Å². The van der Waals surface area contributed by atoms with Gasteiger partial charge in [-0.3, -0.25) is 4.79 Å². The highest BCUT2D eigenvalue weighted by Crippen LogP contribution is 2.46. The van der Waals surface area contributed by atoms with Crippen molar-refractivity contribution in [3.8, 4) is 33.9 Å². The van der Waals surface area contributed by atoms with Crippen LogP contribution in [0.2, 0.25) is 0 Å². The molecule has 226 valence electrons. The Hall–Kier alpha value is -4.94. The van der Waals surface area contributed by atoms with Gasteiger partial charge in [-0.05, 0) is 31.5 Å². The van der Waals surface area contributed by atoms with Gasteiger partial charge in [-0.1, -0.05) is 42.5 Å². The number of thiophene rings is 2. The molecular formula is C32H29N3O7S2. The van der Waals surface area contributed by atoms with E-state index in [9.17, 15) is 14.4 Å². The number of nitrogens with one attached hydrogen (secondary N) is 1. The molecule has 1 amide bonds. The lowest BCUT2D eigenvalue weighted by molar-refractivity contribution is 0.0531. The molecule has 0 aliphatic heterocycles. The summed E-state index contributed by atoms with van der Waals surface area (Å²) in [6.07, 6.45) is 0. The Morgan fingerprint density at radius 1 is 0.909 bits per heavy atom. The molecule has 2 aromatic carbocycles. The van der Waals surface area contributed by atoms with Crippen LogP contribution in [0.3, 0.4) is 0 Å². The Kier molecular flexibility index (Phi) is 8.83. The molecule has 44 heavy (non-hydrogen) atoms. The molecule has 0 bridgehead atoms. The lowest BCUT2D eigenvalue weighted by atomic mass is 9.98. The number of amides is 1. The molecule has 0 aliphatic rings. The van der Waals surface area contributed by atoms with E-state index in [-0.39, 0.29) is 32.6 Å². The number of carbonyl (C=O) groups excluding carboxylic acids is 3. The summed E-state index contributed by atoms with van der Waals surface area (Å²) in [5, 5.41) is 3.49. The number of pyridine rings is 1. The zero-order chi connectivity index (χ0) is 31.5. The third kappa shape index (κ3) is 5.45. The van der Waals surface area contributed by atoms with Crippen LogP contribution in [0.5, 0.6) is 11.5 Å². The van der Waals surface area contributed by atoms with Crippen LogP contribution in [-0.2, 0) is 9.47 Å². The molecule has 3 heterocycles. The second-order valence-electron chi connectivity index (χ2n) is 9.41. The number of ether oxygens (including phenoxy) is 4. The minimum absolute atomic E-state index is 0.0693. The Labute approximate surface area is 261 Å². The second-order valence-corrected chi connectivity index (χ2v) is 11.4. The monoisotopic (exact) mass is 631 g/mol. The number of nitrogens with two attached hydrogens (primary N) is 1. The highest BCUT2D eigenvalue weighted by atomic mass is 32.1. The number of rotatable bonds is 9. The summed E-state index contributed by atoms with van der Waals surface area (Å²) in [4.78, 5) is 44.8. The highest BCUT2D eigenvalue weighted by Gasteiger charge is 2.29. The van der Waals surface area contributed by atoms with Crippen LogP contribution in [0.25, 0.3) is 32.6 Å². The number of aromatic nitrogens is 1. The molecule has 12 heteroatoms. The number of methoxy groups -OCH3 is 3. The zero-order valence-corrected chi connectivity index (χ0v) is 26.2. The van der Waals surface area contributed by atoms with Crippen molar-refractivity contribution in [2.24, 2.45) is 0 Å². The van der Waals surface area contributed by atoms with Crippen LogP contribution in [0.4, 0.5) is 10.7 Å². The van der Waals surface area contributed by atoms with Gasteiger partial charge in [0.2, 0.25) is 0 Å². The van der Waals surface area contributed by atoms with E-state index >= 15 is 0 Å². The predicted octanol–water partition coefficient (Wildman–Crippen LogP) is 6.82. The largest absolute Gasteiger partial charge is 0.493 e. The number of carbonyl (C=O) groups is 3. The number of hydrogen-bond acceptors (Lipinski definition) is 11. The molecule has 5 aromatic rings. The number of anilines is 2. The van der Waals surface area contributed by atoms with Gasteiger partial charge in [0.1, 0.15) is 19.6 Å². The molecule has 0 aliphatic carbocycles. The lowest BCUT2D eigenvalue weighted by Gasteiger charge is -2.15.